The number of carbonyl (C=O) groups is 1. The smallest absolute Gasteiger partial charge is 0.256 e. The maximum Gasteiger partial charge on any atom is 0.256 e. The molecule has 11 heteroatoms. The van der Waals surface area contributed by atoms with Crippen molar-refractivity contribution in [3.8, 4) is 22.6 Å². The zero-order valence-corrected chi connectivity index (χ0v) is 30.7. The molecular weight excluding hydrogens is 691 g/mol. The molecule has 4 atom stereocenters. The number of hydrogen-bond donors (Lipinski definition) is 4. The average molecular weight is 738 g/mol. The molecule has 1 fully saturated rings. The molecule has 4 N–H and O–H groups in total. The first-order valence-corrected chi connectivity index (χ1v) is 19.1. The second-order valence-electron chi connectivity index (χ2n) is 13.0. The van der Waals surface area contributed by atoms with Crippen molar-refractivity contribution in [3.63, 3.8) is 0 Å². The van der Waals surface area contributed by atoms with Crippen LogP contribution >= 0.6 is 11.8 Å². The van der Waals surface area contributed by atoms with Gasteiger partial charge in [-0.2, -0.15) is 0 Å². The van der Waals surface area contributed by atoms with Crippen molar-refractivity contribution in [2.45, 2.75) is 81.5 Å². The standard InChI is InChI=1S/C42H47N3O7S/c1-49-45-38(48)17-11-3-2-10-16-37(47)43-34-24-22-33(23-25-34)41-50-35(26-36(51-41)30-20-18-29(27-46)19-21-30)28-53-42-44-39(31-12-6-4-7-13-31)40(52-42)32-14-8-5-9-15-32/h4-9,12-15,18-25,35-37,41,43,46-47H,2-3,10-11,16-17,26-28H2,1H3,(H,45,48)/t35-,36+,37?,41+/m1/s1. The van der Waals surface area contributed by atoms with Crippen LogP contribution in [0.1, 0.15) is 74.0 Å². The molecule has 1 aromatic heterocycles. The average Bonchev–Trinajstić information content (AvgIpc) is 3.64. The summed E-state index contributed by atoms with van der Waals surface area (Å²) >= 11 is 1.52. The van der Waals surface area contributed by atoms with Crippen LogP contribution in [0.4, 0.5) is 5.69 Å². The Bertz CT molecular complexity index is 1780. The Morgan fingerprint density at radius 1 is 0.868 bits per heavy atom. The topological polar surface area (TPSA) is 135 Å². The Morgan fingerprint density at radius 3 is 2.25 bits per heavy atom. The Balaban J connectivity index is 1.10. The zero-order chi connectivity index (χ0) is 36.8. The maximum absolute atomic E-state index is 11.5. The van der Waals surface area contributed by atoms with Gasteiger partial charge in [0, 0.05) is 41.0 Å². The molecule has 2 heterocycles. The number of nitrogens with one attached hydrogen (secondary N) is 2. The van der Waals surface area contributed by atoms with E-state index in [2.05, 4.69) is 15.6 Å². The lowest BCUT2D eigenvalue weighted by molar-refractivity contribution is -0.245. The number of ether oxygens (including phenoxy) is 2. The second kappa shape index (κ2) is 19.5. The third kappa shape index (κ3) is 11.0. The highest BCUT2D eigenvalue weighted by molar-refractivity contribution is 7.99. The lowest BCUT2D eigenvalue weighted by Crippen LogP contribution is -2.31. The summed E-state index contributed by atoms with van der Waals surface area (Å²) in [5.74, 6) is 1.21. The number of thioether (sulfide) groups is 1. The van der Waals surface area contributed by atoms with Crippen LogP contribution in [-0.2, 0) is 25.7 Å². The van der Waals surface area contributed by atoms with Gasteiger partial charge in [-0.3, -0.25) is 9.63 Å². The van der Waals surface area contributed by atoms with E-state index in [-0.39, 0.29) is 24.7 Å². The van der Waals surface area contributed by atoms with Gasteiger partial charge in [0.05, 0.1) is 25.9 Å². The van der Waals surface area contributed by atoms with Crippen molar-refractivity contribution in [1.82, 2.24) is 10.5 Å². The lowest BCUT2D eigenvalue weighted by atomic mass is 10.0. The van der Waals surface area contributed by atoms with Gasteiger partial charge < -0.3 is 29.4 Å². The van der Waals surface area contributed by atoms with Crippen LogP contribution < -0.4 is 10.8 Å². The summed E-state index contributed by atoms with van der Waals surface area (Å²) in [6, 6.07) is 35.7. The number of hydrogen-bond acceptors (Lipinski definition) is 10. The van der Waals surface area contributed by atoms with Gasteiger partial charge in [0.1, 0.15) is 11.9 Å². The van der Waals surface area contributed by atoms with E-state index in [1.807, 2.05) is 109 Å². The van der Waals surface area contributed by atoms with E-state index < -0.39 is 12.5 Å². The number of aliphatic hydroxyl groups excluding tert-OH is 2. The minimum Gasteiger partial charge on any atom is -0.431 e. The normalized spacial score (nSPS) is 17.7. The summed E-state index contributed by atoms with van der Waals surface area (Å²) < 4.78 is 19.5. The molecule has 5 aromatic rings. The van der Waals surface area contributed by atoms with Crippen molar-refractivity contribution in [1.29, 1.82) is 0 Å². The molecule has 10 nitrogen and oxygen atoms in total. The van der Waals surface area contributed by atoms with Gasteiger partial charge in [0.15, 0.2) is 12.1 Å². The first kappa shape index (κ1) is 38.2. The summed E-state index contributed by atoms with van der Waals surface area (Å²) in [6.07, 6.45) is 3.40. The van der Waals surface area contributed by atoms with Gasteiger partial charge in [-0.15, -0.1) is 0 Å². The number of unbranched alkanes of at least 4 members (excludes halogenated alkanes) is 3. The van der Waals surface area contributed by atoms with E-state index in [9.17, 15) is 15.0 Å². The Kier molecular flexibility index (Phi) is 14.1. The number of aromatic nitrogens is 1. The monoisotopic (exact) mass is 737 g/mol. The molecule has 0 radical (unpaired) electrons. The van der Waals surface area contributed by atoms with Gasteiger partial charge in [-0.25, -0.2) is 10.5 Å². The molecule has 53 heavy (non-hydrogen) atoms. The van der Waals surface area contributed by atoms with Crippen LogP contribution in [-0.4, -0.2) is 46.3 Å². The number of rotatable bonds is 18. The minimum absolute atomic E-state index is 0.0205. The molecule has 1 aliphatic heterocycles. The molecule has 0 spiro atoms. The number of carbonyl (C=O) groups excluding carboxylic acids is 1. The molecule has 1 aliphatic rings. The largest absolute Gasteiger partial charge is 0.431 e. The Labute approximate surface area is 314 Å². The number of anilines is 1. The number of nitrogens with zero attached hydrogens (tertiary/aromatic N) is 1. The molecule has 4 aromatic carbocycles. The highest BCUT2D eigenvalue weighted by atomic mass is 32.2. The van der Waals surface area contributed by atoms with Crippen LogP contribution in [0, 0.1) is 0 Å². The van der Waals surface area contributed by atoms with Gasteiger partial charge in [0.2, 0.25) is 5.91 Å². The van der Waals surface area contributed by atoms with Crippen molar-refractivity contribution in [2.24, 2.45) is 0 Å². The fourth-order valence-electron chi connectivity index (χ4n) is 6.27. The van der Waals surface area contributed by atoms with Gasteiger partial charge in [-0.1, -0.05) is 122 Å². The Morgan fingerprint density at radius 2 is 1.55 bits per heavy atom. The second-order valence-corrected chi connectivity index (χ2v) is 14.0. The van der Waals surface area contributed by atoms with E-state index in [0.717, 1.165) is 70.6 Å². The van der Waals surface area contributed by atoms with Crippen LogP contribution in [0.5, 0.6) is 0 Å². The first-order valence-electron chi connectivity index (χ1n) is 18.1. The molecule has 1 unspecified atom stereocenters. The first-order chi connectivity index (χ1) is 26.0. The maximum atomic E-state index is 11.5. The van der Waals surface area contributed by atoms with E-state index in [1.165, 1.54) is 18.9 Å². The molecule has 1 saturated heterocycles. The van der Waals surface area contributed by atoms with Crippen molar-refractivity contribution < 1.29 is 33.7 Å². The van der Waals surface area contributed by atoms with E-state index in [4.69, 9.17) is 18.9 Å². The third-order valence-electron chi connectivity index (χ3n) is 9.06. The highest BCUT2D eigenvalue weighted by Crippen LogP contribution is 2.41. The van der Waals surface area contributed by atoms with Crippen LogP contribution in [0.25, 0.3) is 22.6 Å². The van der Waals surface area contributed by atoms with Gasteiger partial charge >= 0.3 is 0 Å². The molecule has 0 bridgehead atoms. The highest BCUT2D eigenvalue weighted by Gasteiger charge is 2.33. The minimum atomic E-state index is -0.687. The van der Waals surface area contributed by atoms with Crippen LogP contribution in [0.2, 0.25) is 0 Å². The SMILES string of the molecule is CONC(=O)CCCCCCC(O)Nc1ccc([C@H]2O[C@@H](CSc3nc(-c4ccccc4)c(-c4ccccc4)o3)C[C@@H](c3ccc(CO)cc3)O2)cc1. The Hall–Kier alpha value is -4.49. The van der Waals surface area contributed by atoms with Gasteiger partial charge in [0.25, 0.3) is 5.22 Å². The fourth-order valence-corrected chi connectivity index (χ4v) is 7.11. The summed E-state index contributed by atoms with van der Waals surface area (Å²) in [4.78, 5) is 21.1. The lowest BCUT2D eigenvalue weighted by Gasteiger charge is -2.36. The summed E-state index contributed by atoms with van der Waals surface area (Å²) in [6.45, 7) is -0.0205. The predicted octanol–water partition coefficient (Wildman–Crippen LogP) is 8.59. The van der Waals surface area contributed by atoms with E-state index in [0.29, 0.717) is 30.2 Å². The summed E-state index contributed by atoms with van der Waals surface area (Å²) in [7, 11) is 1.42. The molecule has 6 rings (SSSR count). The predicted molar refractivity (Wildman–Crippen MR) is 205 cm³/mol. The number of hydroxylamine groups is 1. The number of amides is 1. The molecule has 278 valence electrons. The van der Waals surface area contributed by atoms with Gasteiger partial charge in [-0.05, 0) is 42.5 Å². The molecule has 1 amide bonds. The van der Waals surface area contributed by atoms with E-state index >= 15 is 0 Å². The molecular formula is C42H47N3O7S. The zero-order valence-electron chi connectivity index (χ0n) is 29.9. The molecule has 0 saturated carbocycles. The van der Waals surface area contributed by atoms with Crippen molar-refractivity contribution in [2.75, 3.05) is 18.2 Å². The summed E-state index contributed by atoms with van der Waals surface area (Å²) in [5, 5.41) is 23.9. The van der Waals surface area contributed by atoms with Crippen molar-refractivity contribution >= 4 is 23.4 Å². The fraction of sp³-hybridized carbons (Fsp3) is 0.333. The number of aliphatic hydroxyl groups is 2. The van der Waals surface area contributed by atoms with E-state index in [1.54, 1.807) is 0 Å². The quantitative estimate of drug-likeness (QED) is 0.0300. The van der Waals surface area contributed by atoms with Crippen LogP contribution in [0.3, 0.4) is 0 Å². The number of benzene rings is 4. The summed E-state index contributed by atoms with van der Waals surface area (Å²) in [5.41, 5.74) is 8.59. The van der Waals surface area contributed by atoms with Crippen molar-refractivity contribution in [3.05, 3.63) is 126 Å². The molecule has 0 aliphatic carbocycles. The third-order valence-corrected chi connectivity index (χ3v) is 10.0. The van der Waals surface area contributed by atoms with Crippen LogP contribution in [0.15, 0.2) is 119 Å². The number of oxazole rings is 1.